The molecule has 186 valence electrons. The number of fused-ring (bicyclic) bond motifs is 1. The minimum Gasteiger partial charge on any atom is -0.325 e. The molecule has 1 N–H and O–H groups in total. The number of amides is 1. The van der Waals surface area contributed by atoms with Crippen LogP contribution in [0.3, 0.4) is 0 Å². The van der Waals surface area contributed by atoms with Gasteiger partial charge in [0, 0.05) is 12.2 Å². The molecule has 0 fully saturated rings. The van der Waals surface area contributed by atoms with Gasteiger partial charge >= 0.3 is 5.51 Å². The number of aryl methyl sites for hydroxylation is 1. The zero-order chi connectivity index (χ0) is 26.1. The van der Waals surface area contributed by atoms with Crippen molar-refractivity contribution in [3.63, 3.8) is 0 Å². The summed E-state index contributed by atoms with van der Waals surface area (Å²) in [5, 5.41) is 3.12. The molecule has 0 aliphatic rings. The van der Waals surface area contributed by atoms with Crippen molar-refractivity contribution < 1.29 is 26.4 Å². The third-order valence-electron chi connectivity index (χ3n) is 5.37. The van der Waals surface area contributed by atoms with E-state index in [1.165, 1.54) is 6.07 Å². The third-order valence-corrected chi connectivity index (χ3v) is 7.18. The fraction of sp³-hybridized carbons (Fsp3) is 0.120. The second kappa shape index (κ2) is 9.79. The summed E-state index contributed by atoms with van der Waals surface area (Å²) in [4.78, 5) is 16.0. The smallest absolute Gasteiger partial charge is 0.325 e. The molecule has 0 saturated carbocycles. The Labute approximate surface area is 210 Å². The molecule has 6 nitrogen and oxygen atoms in total. The maximum atomic E-state index is 12.9. The average Bonchev–Trinajstić information content (AvgIpc) is 3.19. The van der Waals surface area contributed by atoms with Crippen LogP contribution in [0.25, 0.3) is 23.2 Å². The summed E-state index contributed by atoms with van der Waals surface area (Å²) >= 11 is 6.08. The molecular formula is C25H19ClF3N3O3S. The molecule has 1 heterocycles. The Hall–Kier alpha value is -3.63. The summed E-state index contributed by atoms with van der Waals surface area (Å²) in [5.74, 6) is 0.0682. The van der Waals surface area contributed by atoms with Crippen molar-refractivity contribution >= 4 is 56.2 Å². The first-order valence-corrected chi connectivity index (χ1v) is 12.5. The number of anilines is 1. The van der Waals surface area contributed by atoms with Crippen LogP contribution in [0.15, 0.2) is 71.6 Å². The van der Waals surface area contributed by atoms with E-state index in [9.17, 15) is 26.4 Å². The van der Waals surface area contributed by atoms with Crippen LogP contribution in [-0.2, 0) is 16.4 Å². The highest BCUT2D eigenvalue weighted by atomic mass is 35.5. The first-order valence-electron chi connectivity index (χ1n) is 10.7. The van der Waals surface area contributed by atoms with Crippen LogP contribution in [0.2, 0.25) is 5.02 Å². The van der Waals surface area contributed by atoms with Gasteiger partial charge in [-0.05, 0) is 61.0 Å². The minimum absolute atomic E-state index is 0.127. The molecule has 4 aromatic rings. The number of nitrogens with one attached hydrogen (secondary N) is 1. The van der Waals surface area contributed by atoms with E-state index in [1.807, 2.05) is 6.92 Å². The Morgan fingerprint density at radius 1 is 1.06 bits per heavy atom. The number of imidazole rings is 1. The number of rotatable bonds is 6. The lowest BCUT2D eigenvalue weighted by atomic mass is 10.1. The number of carbonyl (C=O) groups is 1. The van der Waals surface area contributed by atoms with Crippen LogP contribution in [0.5, 0.6) is 0 Å². The summed E-state index contributed by atoms with van der Waals surface area (Å²) in [7, 11) is -5.48. The Bertz CT molecular complexity index is 1600. The van der Waals surface area contributed by atoms with E-state index in [0.717, 1.165) is 17.7 Å². The lowest BCUT2D eigenvalue weighted by Crippen LogP contribution is -2.23. The van der Waals surface area contributed by atoms with E-state index in [1.54, 1.807) is 65.3 Å². The fourth-order valence-electron chi connectivity index (χ4n) is 3.62. The highest BCUT2D eigenvalue weighted by Gasteiger charge is 2.47. The Morgan fingerprint density at radius 2 is 1.81 bits per heavy atom. The predicted octanol–water partition coefficient (Wildman–Crippen LogP) is 6.43. The molecule has 0 saturated heterocycles. The van der Waals surface area contributed by atoms with Gasteiger partial charge in [-0.2, -0.15) is 13.2 Å². The van der Waals surface area contributed by atoms with E-state index >= 15 is 0 Å². The van der Waals surface area contributed by atoms with Crippen LogP contribution < -0.4 is 5.32 Å². The predicted molar refractivity (Wildman–Crippen MR) is 133 cm³/mol. The van der Waals surface area contributed by atoms with E-state index in [4.69, 9.17) is 11.6 Å². The lowest BCUT2D eigenvalue weighted by molar-refractivity contribution is -0.0436. The lowest BCUT2D eigenvalue weighted by Gasteiger charge is -2.08. The molecule has 3 aromatic carbocycles. The van der Waals surface area contributed by atoms with Crippen molar-refractivity contribution in [3.8, 4) is 0 Å². The number of aromatic nitrogens is 2. The van der Waals surface area contributed by atoms with Gasteiger partial charge < -0.3 is 9.88 Å². The molecule has 0 aliphatic carbocycles. The molecule has 0 radical (unpaired) electrons. The minimum atomic E-state index is -5.48. The molecule has 1 aromatic heterocycles. The van der Waals surface area contributed by atoms with Crippen molar-refractivity contribution in [1.82, 2.24) is 9.55 Å². The number of hydrogen-bond acceptors (Lipinski definition) is 4. The van der Waals surface area contributed by atoms with E-state index in [0.29, 0.717) is 34.2 Å². The SMILES string of the molecule is CCn1c(C=Cc2cccc(NC(=O)c3ccccc3Cl)c2)nc2cc(S(=O)(=O)C(F)(F)F)ccc21. The van der Waals surface area contributed by atoms with Gasteiger partial charge in [0.2, 0.25) is 0 Å². The summed E-state index contributed by atoms with van der Waals surface area (Å²) in [6.07, 6.45) is 3.39. The van der Waals surface area contributed by atoms with Crippen molar-refractivity contribution in [2.45, 2.75) is 23.9 Å². The Kier molecular flexibility index (Phi) is 6.92. The van der Waals surface area contributed by atoms with Crippen LogP contribution in [-0.4, -0.2) is 29.4 Å². The van der Waals surface area contributed by atoms with Gasteiger partial charge in [0.25, 0.3) is 15.7 Å². The first-order chi connectivity index (χ1) is 17.0. The van der Waals surface area contributed by atoms with Gasteiger partial charge in [0.15, 0.2) is 0 Å². The third kappa shape index (κ3) is 5.00. The van der Waals surface area contributed by atoms with Gasteiger partial charge in [0.1, 0.15) is 5.82 Å². The van der Waals surface area contributed by atoms with Crippen LogP contribution >= 0.6 is 11.6 Å². The van der Waals surface area contributed by atoms with Gasteiger partial charge in [0.05, 0.1) is 26.5 Å². The summed E-state index contributed by atoms with van der Waals surface area (Å²) in [6.45, 7) is 2.29. The molecule has 11 heteroatoms. The first kappa shape index (κ1) is 25.5. The molecule has 36 heavy (non-hydrogen) atoms. The highest BCUT2D eigenvalue weighted by molar-refractivity contribution is 7.92. The number of carbonyl (C=O) groups excluding carboxylic acids is 1. The Morgan fingerprint density at radius 3 is 2.50 bits per heavy atom. The van der Waals surface area contributed by atoms with Crippen molar-refractivity contribution in [2.75, 3.05) is 5.32 Å². The largest absolute Gasteiger partial charge is 0.501 e. The summed E-state index contributed by atoms with van der Waals surface area (Å²) in [5.41, 5.74) is -3.18. The van der Waals surface area contributed by atoms with E-state index in [2.05, 4.69) is 10.3 Å². The molecule has 0 bridgehead atoms. The van der Waals surface area contributed by atoms with Crippen LogP contribution in [0.4, 0.5) is 18.9 Å². The van der Waals surface area contributed by atoms with Crippen molar-refractivity contribution in [2.24, 2.45) is 0 Å². The van der Waals surface area contributed by atoms with Crippen molar-refractivity contribution in [1.29, 1.82) is 0 Å². The Balaban J connectivity index is 1.62. The number of alkyl halides is 3. The van der Waals surface area contributed by atoms with E-state index < -0.39 is 20.2 Å². The molecule has 0 aliphatic heterocycles. The number of hydrogen-bond donors (Lipinski definition) is 1. The maximum absolute atomic E-state index is 12.9. The number of halogens is 4. The molecule has 4 rings (SSSR count). The molecule has 0 unspecified atom stereocenters. The fourth-order valence-corrected chi connectivity index (χ4v) is 4.63. The monoisotopic (exact) mass is 533 g/mol. The molecular weight excluding hydrogens is 515 g/mol. The topological polar surface area (TPSA) is 81.1 Å². The zero-order valence-corrected chi connectivity index (χ0v) is 20.3. The highest BCUT2D eigenvalue weighted by Crippen LogP contribution is 2.32. The van der Waals surface area contributed by atoms with Crippen LogP contribution in [0, 0.1) is 0 Å². The molecule has 0 atom stereocenters. The second-order valence-corrected chi connectivity index (χ2v) is 10.1. The zero-order valence-electron chi connectivity index (χ0n) is 18.8. The number of nitrogens with zero attached hydrogens (tertiary/aromatic N) is 2. The normalized spacial score (nSPS) is 12.4. The second-order valence-electron chi connectivity index (χ2n) is 7.71. The molecule has 1 amide bonds. The average molecular weight is 534 g/mol. The van der Waals surface area contributed by atoms with Gasteiger partial charge in [-0.25, -0.2) is 13.4 Å². The number of sulfone groups is 1. The van der Waals surface area contributed by atoms with Gasteiger partial charge in [-0.1, -0.05) is 41.9 Å². The molecule has 0 spiro atoms. The standard InChI is InChI=1S/C25H19ClF3N3O3S/c1-2-32-22-12-11-18(36(34,35)25(27,28)29)15-21(22)31-23(32)13-10-16-6-5-7-17(14-16)30-24(33)19-8-3-4-9-20(19)26/h3-15H,2H2,1H3,(H,30,33). The van der Waals surface area contributed by atoms with E-state index in [-0.39, 0.29) is 11.4 Å². The van der Waals surface area contributed by atoms with Gasteiger partial charge in [-0.15, -0.1) is 0 Å². The van der Waals surface area contributed by atoms with Crippen molar-refractivity contribution in [3.05, 3.63) is 88.7 Å². The number of benzene rings is 3. The summed E-state index contributed by atoms with van der Waals surface area (Å²) < 4.78 is 64.1. The summed E-state index contributed by atoms with van der Waals surface area (Å²) in [6, 6.07) is 16.8. The van der Waals surface area contributed by atoms with Gasteiger partial charge in [-0.3, -0.25) is 4.79 Å². The maximum Gasteiger partial charge on any atom is 0.501 e. The van der Waals surface area contributed by atoms with Crippen LogP contribution in [0.1, 0.15) is 28.7 Å². The quantitative estimate of drug-likeness (QED) is 0.310.